The number of aryl methyl sites for hydroxylation is 1. The molecule has 7 heteroatoms. The van der Waals surface area contributed by atoms with Crippen LogP contribution in [0.25, 0.3) is 33.0 Å². The van der Waals surface area contributed by atoms with Crippen LogP contribution < -0.4 is 16.4 Å². The standard InChI is InChI=1S/C25H25N5O2/c1-2-27-11-6-12-30-14-17(21-18(26)8-5-10-20(21)30)23-22(24(31)29-25(23)32)16-13-28-19-9-4-3-7-15(16)19/h3-5,7-10,13-14,27-28H,2,6,11-12,26H2,1H3,(H,29,31,32). The summed E-state index contributed by atoms with van der Waals surface area (Å²) >= 11 is 0. The fraction of sp³-hybridized carbons (Fsp3) is 0.200. The highest BCUT2D eigenvalue weighted by atomic mass is 16.2. The number of rotatable bonds is 7. The lowest BCUT2D eigenvalue weighted by atomic mass is 9.95. The van der Waals surface area contributed by atoms with E-state index in [1.807, 2.05) is 48.7 Å². The molecular weight excluding hydrogens is 402 g/mol. The zero-order chi connectivity index (χ0) is 22.2. The van der Waals surface area contributed by atoms with Crippen LogP contribution in [-0.2, 0) is 16.1 Å². The minimum absolute atomic E-state index is 0.369. The van der Waals surface area contributed by atoms with Gasteiger partial charge in [0, 0.05) is 52.0 Å². The molecule has 2 amide bonds. The van der Waals surface area contributed by atoms with Gasteiger partial charge in [-0.05, 0) is 37.7 Å². The van der Waals surface area contributed by atoms with Crippen molar-refractivity contribution in [3.8, 4) is 0 Å². The summed E-state index contributed by atoms with van der Waals surface area (Å²) in [5.41, 5.74) is 11.0. The first kappa shape index (κ1) is 20.1. The Morgan fingerprint density at radius 2 is 1.78 bits per heavy atom. The van der Waals surface area contributed by atoms with Gasteiger partial charge < -0.3 is 20.6 Å². The smallest absolute Gasteiger partial charge is 0.259 e. The third-order valence-electron chi connectivity index (χ3n) is 6.00. The van der Waals surface area contributed by atoms with Crippen LogP contribution in [-0.4, -0.2) is 34.5 Å². The van der Waals surface area contributed by atoms with E-state index in [9.17, 15) is 9.59 Å². The number of anilines is 1. The Morgan fingerprint density at radius 1 is 1.00 bits per heavy atom. The number of nitrogens with one attached hydrogen (secondary N) is 3. The molecule has 0 bridgehead atoms. The average Bonchev–Trinajstić information content (AvgIpc) is 3.45. The third-order valence-corrected chi connectivity index (χ3v) is 6.00. The minimum atomic E-state index is -0.398. The molecule has 162 valence electrons. The van der Waals surface area contributed by atoms with Gasteiger partial charge in [0.25, 0.3) is 11.8 Å². The molecule has 32 heavy (non-hydrogen) atoms. The molecule has 0 spiro atoms. The molecule has 0 saturated carbocycles. The van der Waals surface area contributed by atoms with Gasteiger partial charge in [-0.2, -0.15) is 0 Å². The van der Waals surface area contributed by atoms with Crippen molar-refractivity contribution in [3.05, 3.63) is 66.0 Å². The molecule has 0 fully saturated rings. The van der Waals surface area contributed by atoms with Crippen LogP contribution in [0.15, 0.2) is 54.9 Å². The lowest BCUT2D eigenvalue weighted by Gasteiger charge is -2.06. The number of para-hydroxylation sites is 1. The van der Waals surface area contributed by atoms with Crippen molar-refractivity contribution in [2.24, 2.45) is 0 Å². The molecule has 0 atom stereocenters. The van der Waals surface area contributed by atoms with E-state index < -0.39 is 11.8 Å². The van der Waals surface area contributed by atoms with Gasteiger partial charge in [-0.15, -0.1) is 0 Å². The third kappa shape index (κ3) is 3.18. The van der Waals surface area contributed by atoms with Crippen LogP contribution in [0.2, 0.25) is 0 Å². The van der Waals surface area contributed by atoms with E-state index in [1.54, 1.807) is 6.20 Å². The zero-order valence-electron chi connectivity index (χ0n) is 17.9. The quantitative estimate of drug-likeness (QED) is 0.206. The summed E-state index contributed by atoms with van der Waals surface area (Å²) in [6, 6.07) is 13.5. The Bertz CT molecular complexity index is 1390. The van der Waals surface area contributed by atoms with Gasteiger partial charge in [0.2, 0.25) is 0 Å². The van der Waals surface area contributed by atoms with Gasteiger partial charge in [-0.25, -0.2) is 0 Å². The molecule has 1 aliphatic heterocycles. The number of carbonyl (C=O) groups is 2. The molecular formula is C25H25N5O2. The van der Waals surface area contributed by atoms with Gasteiger partial charge in [0.1, 0.15) is 0 Å². The molecule has 2 aromatic heterocycles. The van der Waals surface area contributed by atoms with Crippen molar-refractivity contribution in [1.82, 2.24) is 20.2 Å². The highest BCUT2D eigenvalue weighted by Gasteiger charge is 2.35. The number of aromatic nitrogens is 2. The molecule has 0 aliphatic carbocycles. The second kappa shape index (κ2) is 8.01. The molecule has 0 radical (unpaired) electrons. The van der Waals surface area contributed by atoms with Crippen LogP contribution in [0.1, 0.15) is 24.5 Å². The van der Waals surface area contributed by atoms with E-state index in [2.05, 4.69) is 27.1 Å². The number of hydrogen-bond acceptors (Lipinski definition) is 4. The SMILES string of the molecule is CCNCCCn1cc(C2=C(c3c[nH]c4ccccc34)C(=O)NC2=O)c2c(N)cccc21. The number of benzene rings is 2. The number of nitrogen functional groups attached to an aromatic ring is 1. The highest BCUT2D eigenvalue weighted by Crippen LogP contribution is 2.39. The zero-order valence-corrected chi connectivity index (χ0v) is 17.9. The van der Waals surface area contributed by atoms with Crippen molar-refractivity contribution in [2.75, 3.05) is 18.8 Å². The first-order chi connectivity index (χ1) is 15.6. The Kier molecular flexibility index (Phi) is 5.03. The fourth-order valence-corrected chi connectivity index (χ4v) is 4.55. The summed E-state index contributed by atoms with van der Waals surface area (Å²) in [6.45, 7) is 4.68. The summed E-state index contributed by atoms with van der Waals surface area (Å²) in [6.07, 6.45) is 4.68. The van der Waals surface area contributed by atoms with Crippen LogP contribution in [0.3, 0.4) is 0 Å². The molecule has 0 saturated heterocycles. The number of amides is 2. The van der Waals surface area contributed by atoms with E-state index in [0.29, 0.717) is 28.0 Å². The highest BCUT2D eigenvalue weighted by molar-refractivity contribution is 6.51. The number of aromatic amines is 1. The fourth-order valence-electron chi connectivity index (χ4n) is 4.55. The Morgan fingerprint density at radius 3 is 2.59 bits per heavy atom. The lowest BCUT2D eigenvalue weighted by Crippen LogP contribution is -2.22. The number of H-pyrrole nitrogens is 1. The Balaban J connectivity index is 1.72. The molecule has 7 nitrogen and oxygen atoms in total. The van der Waals surface area contributed by atoms with E-state index in [4.69, 9.17) is 5.73 Å². The average molecular weight is 428 g/mol. The normalized spacial score (nSPS) is 14.2. The van der Waals surface area contributed by atoms with Crippen molar-refractivity contribution in [1.29, 1.82) is 0 Å². The molecule has 0 unspecified atom stereocenters. The molecule has 5 N–H and O–H groups in total. The van der Waals surface area contributed by atoms with Crippen LogP contribution in [0, 0.1) is 0 Å². The number of carbonyl (C=O) groups excluding carboxylic acids is 2. The number of imide groups is 1. The summed E-state index contributed by atoms with van der Waals surface area (Å²) < 4.78 is 2.12. The van der Waals surface area contributed by atoms with Crippen molar-refractivity contribution < 1.29 is 9.59 Å². The maximum Gasteiger partial charge on any atom is 0.259 e. The predicted octanol–water partition coefficient (Wildman–Crippen LogP) is 3.27. The van der Waals surface area contributed by atoms with Crippen molar-refractivity contribution >= 4 is 50.5 Å². The van der Waals surface area contributed by atoms with E-state index in [-0.39, 0.29) is 0 Å². The van der Waals surface area contributed by atoms with Gasteiger partial charge in [0.15, 0.2) is 0 Å². The van der Waals surface area contributed by atoms with Gasteiger partial charge in [-0.1, -0.05) is 31.2 Å². The monoisotopic (exact) mass is 427 g/mol. The number of nitrogens with zero attached hydrogens (tertiary/aromatic N) is 1. The van der Waals surface area contributed by atoms with Crippen molar-refractivity contribution in [3.63, 3.8) is 0 Å². The second-order valence-corrected chi connectivity index (χ2v) is 7.97. The molecule has 3 heterocycles. The maximum atomic E-state index is 13.0. The first-order valence-corrected chi connectivity index (χ1v) is 10.8. The van der Waals surface area contributed by atoms with E-state index in [0.717, 1.165) is 47.9 Å². The molecule has 5 rings (SSSR count). The van der Waals surface area contributed by atoms with Crippen LogP contribution >= 0.6 is 0 Å². The summed E-state index contributed by atoms with van der Waals surface area (Å²) in [4.78, 5) is 29.2. The topological polar surface area (TPSA) is 105 Å². The second-order valence-electron chi connectivity index (χ2n) is 7.97. The largest absolute Gasteiger partial charge is 0.398 e. The van der Waals surface area contributed by atoms with E-state index in [1.165, 1.54) is 0 Å². The summed E-state index contributed by atoms with van der Waals surface area (Å²) in [5, 5.41) is 7.53. The minimum Gasteiger partial charge on any atom is -0.398 e. The maximum absolute atomic E-state index is 13.0. The predicted molar refractivity (Wildman–Crippen MR) is 128 cm³/mol. The Labute approximate surface area is 185 Å². The number of nitrogens with two attached hydrogens (primary N) is 1. The van der Waals surface area contributed by atoms with Crippen LogP contribution in [0.5, 0.6) is 0 Å². The summed E-state index contributed by atoms with van der Waals surface area (Å²) in [5.74, 6) is -0.789. The number of hydrogen-bond donors (Lipinski definition) is 4. The van der Waals surface area contributed by atoms with Crippen molar-refractivity contribution in [2.45, 2.75) is 19.9 Å². The van der Waals surface area contributed by atoms with Gasteiger partial charge >= 0.3 is 0 Å². The molecule has 2 aromatic carbocycles. The van der Waals surface area contributed by atoms with Gasteiger partial charge in [0.05, 0.1) is 16.7 Å². The number of fused-ring (bicyclic) bond motifs is 2. The van der Waals surface area contributed by atoms with E-state index >= 15 is 0 Å². The van der Waals surface area contributed by atoms with Gasteiger partial charge in [-0.3, -0.25) is 14.9 Å². The Hall–Kier alpha value is -3.84. The molecule has 4 aromatic rings. The first-order valence-electron chi connectivity index (χ1n) is 10.8. The summed E-state index contributed by atoms with van der Waals surface area (Å²) in [7, 11) is 0. The van der Waals surface area contributed by atoms with Crippen LogP contribution in [0.4, 0.5) is 5.69 Å². The lowest BCUT2D eigenvalue weighted by molar-refractivity contribution is -0.122. The molecule has 1 aliphatic rings.